The first-order chi connectivity index (χ1) is 7.99. The minimum Gasteiger partial charge on any atom is -0.355 e. The summed E-state index contributed by atoms with van der Waals surface area (Å²) in [7, 11) is 0. The number of hydrogen-bond donors (Lipinski definition) is 1. The van der Waals surface area contributed by atoms with Gasteiger partial charge < -0.3 is 5.32 Å². The maximum atomic E-state index is 11.3. The fraction of sp³-hybridized carbons (Fsp3) is 0.429. The molecule has 0 bridgehead atoms. The summed E-state index contributed by atoms with van der Waals surface area (Å²) in [6.45, 7) is 6.13. The van der Waals surface area contributed by atoms with Crippen LogP contribution in [0.4, 0.5) is 0 Å². The van der Waals surface area contributed by atoms with E-state index >= 15 is 0 Å². The van der Waals surface area contributed by atoms with Gasteiger partial charge in [0, 0.05) is 6.54 Å². The second-order valence-electron chi connectivity index (χ2n) is 4.41. The van der Waals surface area contributed by atoms with Gasteiger partial charge in [-0.05, 0) is 38.3 Å². The van der Waals surface area contributed by atoms with E-state index in [0.717, 1.165) is 6.42 Å². The molecular formula is C14H19NO2. The number of Topliss-reactive ketones (excluding diaryl/α,β-unsaturated/α-hetero) is 1. The van der Waals surface area contributed by atoms with Crippen LogP contribution in [0.3, 0.4) is 0 Å². The Morgan fingerprint density at radius 2 is 1.94 bits per heavy atom. The quantitative estimate of drug-likeness (QED) is 0.790. The largest absolute Gasteiger partial charge is 0.355 e. The van der Waals surface area contributed by atoms with Crippen LogP contribution < -0.4 is 5.32 Å². The Kier molecular flexibility index (Phi) is 4.88. The van der Waals surface area contributed by atoms with E-state index in [1.54, 1.807) is 0 Å². The normalized spacial score (nSPS) is 10.1. The number of ketones is 1. The molecule has 0 saturated carbocycles. The number of amides is 1. The predicted octanol–water partition coefficient (Wildman–Crippen LogP) is 1.94. The molecule has 0 aliphatic carbocycles. The third-order valence-electron chi connectivity index (χ3n) is 2.62. The van der Waals surface area contributed by atoms with Gasteiger partial charge in [-0.1, -0.05) is 23.8 Å². The van der Waals surface area contributed by atoms with Gasteiger partial charge in [0.1, 0.15) is 5.78 Å². The average Bonchev–Trinajstić information content (AvgIpc) is 2.20. The Balaban J connectivity index is 2.41. The molecular weight excluding hydrogens is 214 g/mol. The van der Waals surface area contributed by atoms with Crippen molar-refractivity contribution >= 4 is 11.7 Å². The fourth-order valence-electron chi connectivity index (χ4n) is 1.75. The van der Waals surface area contributed by atoms with Crippen LogP contribution in [0, 0.1) is 13.8 Å². The van der Waals surface area contributed by atoms with Crippen LogP contribution in [-0.2, 0) is 16.0 Å². The first kappa shape index (κ1) is 13.4. The second-order valence-corrected chi connectivity index (χ2v) is 4.41. The summed E-state index contributed by atoms with van der Waals surface area (Å²) >= 11 is 0. The fourth-order valence-corrected chi connectivity index (χ4v) is 1.75. The van der Waals surface area contributed by atoms with Crippen molar-refractivity contribution in [3.05, 3.63) is 34.9 Å². The minimum atomic E-state index is -0.192. The molecule has 0 saturated heterocycles. The highest BCUT2D eigenvalue weighted by Gasteiger charge is 2.04. The van der Waals surface area contributed by atoms with E-state index in [1.165, 1.54) is 23.6 Å². The molecule has 0 atom stereocenters. The Labute approximate surface area is 102 Å². The lowest BCUT2D eigenvalue weighted by Crippen LogP contribution is -2.27. The third kappa shape index (κ3) is 4.81. The monoisotopic (exact) mass is 233 g/mol. The van der Waals surface area contributed by atoms with Crippen LogP contribution in [0.5, 0.6) is 0 Å². The molecule has 0 fully saturated rings. The Morgan fingerprint density at radius 3 is 2.53 bits per heavy atom. The molecule has 92 valence electrons. The number of hydrogen-bond acceptors (Lipinski definition) is 2. The average molecular weight is 233 g/mol. The number of carbonyl (C=O) groups excluding carboxylic acids is 2. The summed E-state index contributed by atoms with van der Waals surface area (Å²) in [6, 6.07) is 6.29. The Morgan fingerprint density at radius 1 is 1.24 bits per heavy atom. The highest BCUT2D eigenvalue weighted by atomic mass is 16.2. The molecule has 0 unspecified atom stereocenters. The van der Waals surface area contributed by atoms with Crippen molar-refractivity contribution in [2.24, 2.45) is 0 Å². The van der Waals surface area contributed by atoms with Gasteiger partial charge in [-0.25, -0.2) is 0 Å². The number of aryl methyl sites for hydroxylation is 2. The van der Waals surface area contributed by atoms with E-state index in [4.69, 9.17) is 0 Å². The van der Waals surface area contributed by atoms with Crippen LogP contribution in [-0.4, -0.2) is 18.2 Å². The molecule has 1 aromatic carbocycles. The van der Waals surface area contributed by atoms with Crippen molar-refractivity contribution in [3.63, 3.8) is 0 Å². The number of rotatable bonds is 5. The van der Waals surface area contributed by atoms with Gasteiger partial charge in [-0.2, -0.15) is 0 Å². The number of nitrogens with one attached hydrogen (secondary N) is 1. The summed E-state index contributed by atoms with van der Waals surface area (Å²) in [5, 5.41) is 2.74. The van der Waals surface area contributed by atoms with Gasteiger partial charge in [0.2, 0.25) is 5.91 Å². The molecule has 0 aliphatic rings. The molecule has 3 nitrogen and oxygen atoms in total. The zero-order valence-corrected chi connectivity index (χ0v) is 10.7. The maximum absolute atomic E-state index is 11.3. The number of benzene rings is 1. The number of carbonyl (C=O) groups is 2. The molecule has 0 spiro atoms. The summed E-state index contributed by atoms with van der Waals surface area (Å²) in [6.07, 6.45) is 0.780. The van der Waals surface area contributed by atoms with Gasteiger partial charge in [0.05, 0.1) is 6.42 Å². The van der Waals surface area contributed by atoms with E-state index < -0.39 is 0 Å². The predicted molar refractivity (Wildman–Crippen MR) is 67.9 cm³/mol. The molecule has 0 aliphatic heterocycles. The van der Waals surface area contributed by atoms with Gasteiger partial charge in [0.15, 0.2) is 0 Å². The van der Waals surface area contributed by atoms with Gasteiger partial charge in [-0.15, -0.1) is 0 Å². The molecule has 0 aromatic heterocycles. The first-order valence-electron chi connectivity index (χ1n) is 5.81. The lowest BCUT2D eigenvalue weighted by molar-refractivity contribution is -0.127. The van der Waals surface area contributed by atoms with E-state index in [1.807, 2.05) is 0 Å². The second kappa shape index (κ2) is 6.18. The molecule has 1 amide bonds. The highest BCUT2D eigenvalue weighted by molar-refractivity contribution is 5.96. The van der Waals surface area contributed by atoms with E-state index in [2.05, 4.69) is 37.4 Å². The van der Waals surface area contributed by atoms with Gasteiger partial charge in [0.25, 0.3) is 0 Å². The van der Waals surface area contributed by atoms with E-state index in [-0.39, 0.29) is 18.1 Å². The van der Waals surface area contributed by atoms with Crippen LogP contribution >= 0.6 is 0 Å². The van der Waals surface area contributed by atoms with Crippen molar-refractivity contribution in [3.8, 4) is 0 Å². The summed E-state index contributed by atoms with van der Waals surface area (Å²) < 4.78 is 0. The Bertz CT molecular complexity index is 424. The molecule has 1 N–H and O–H groups in total. The Hall–Kier alpha value is -1.64. The summed E-state index contributed by atoms with van der Waals surface area (Å²) in [5.74, 6) is -0.295. The smallest absolute Gasteiger partial charge is 0.227 e. The van der Waals surface area contributed by atoms with E-state index in [0.29, 0.717) is 6.54 Å². The minimum absolute atomic E-state index is 0.0210. The van der Waals surface area contributed by atoms with Crippen molar-refractivity contribution in [1.82, 2.24) is 5.32 Å². The van der Waals surface area contributed by atoms with Crippen LogP contribution in [0.25, 0.3) is 0 Å². The summed E-state index contributed by atoms with van der Waals surface area (Å²) in [5.41, 5.74) is 3.72. The molecule has 0 radical (unpaired) electrons. The molecule has 17 heavy (non-hydrogen) atoms. The molecule has 3 heteroatoms. The van der Waals surface area contributed by atoms with Crippen molar-refractivity contribution < 1.29 is 9.59 Å². The molecule has 1 aromatic rings. The van der Waals surface area contributed by atoms with Crippen LogP contribution in [0.1, 0.15) is 30.0 Å². The SMILES string of the molecule is CC(=O)CC(=O)NCCc1ccc(C)cc1C. The molecule has 1 rings (SSSR count). The lowest BCUT2D eigenvalue weighted by atomic mass is 10.0. The topological polar surface area (TPSA) is 46.2 Å². The maximum Gasteiger partial charge on any atom is 0.227 e. The first-order valence-corrected chi connectivity index (χ1v) is 5.81. The van der Waals surface area contributed by atoms with Gasteiger partial charge in [-0.3, -0.25) is 9.59 Å². The third-order valence-corrected chi connectivity index (χ3v) is 2.62. The standard InChI is InChI=1S/C14H19NO2/c1-10-4-5-13(11(2)8-10)6-7-15-14(17)9-12(3)16/h4-5,8H,6-7,9H2,1-3H3,(H,15,17). The van der Waals surface area contributed by atoms with Gasteiger partial charge >= 0.3 is 0 Å². The highest BCUT2D eigenvalue weighted by Crippen LogP contribution is 2.10. The van der Waals surface area contributed by atoms with E-state index in [9.17, 15) is 9.59 Å². The summed E-state index contributed by atoms with van der Waals surface area (Å²) in [4.78, 5) is 22.0. The van der Waals surface area contributed by atoms with Crippen molar-refractivity contribution in [2.75, 3.05) is 6.54 Å². The van der Waals surface area contributed by atoms with Crippen LogP contribution in [0.15, 0.2) is 18.2 Å². The van der Waals surface area contributed by atoms with Crippen molar-refractivity contribution in [1.29, 1.82) is 0 Å². The lowest BCUT2D eigenvalue weighted by Gasteiger charge is -2.07. The van der Waals surface area contributed by atoms with Crippen molar-refractivity contribution in [2.45, 2.75) is 33.6 Å². The zero-order valence-electron chi connectivity index (χ0n) is 10.7. The van der Waals surface area contributed by atoms with Crippen LogP contribution in [0.2, 0.25) is 0 Å². The zero-order chi connectivity index (χ0) is 12.8. The molecule has 0 heterocycles.